The topological polar surface area (TPSA) is 37.3 Å². The molecule has 0 radical (unpaired) electrons. The predicted molar refractivity (Wildman–Crippen MR) is 110 cm³/mol. The molecule has 0 aliphatic heterocycles. The molecule has 25 heavy (non-hydrogen) atoms. The van der Waals surface area contributed by atoms with E-state index in [0.29, 0.717) is 11.5 Å². The molecule has 1 atom stereocenters. The highest BCUT2D eigenvalue weighted by molar-refractivity contribution is 5.85. The monoisotopic (exact) mass is 352 g/mol. The maximum absolute atomic E-state index is 10.8. The average Bonchev–Trinajstić information content (AvgIpc) is 2.58. The minimum Gasteiger partial charge on any atom is -0.478 e. The molecular formula is C23H44O2. The molecule has 0 saturated heterocycles. The van der Waals surface area contributed by atoms with Gasteiger partial charge in [0.15, 0.2) is 0 Å². The first-order valence-corrected chi connectivity index (χ1v) is 11.0. The summed E-state index contributed by atoms with van der Waals surface area (Å²) >= 11 is 0. The van der Waals surface area contributed by atoms with Gasteiger partial charge in [-0.1, -0.05) is 116 Å². The summed E-state index contributed by atoms with van der Waals surface area (Å²) in [5, 5.41) is 8.87. The van der Waals surface area contributed by atoms with Crippen LogP contribution in [0.1, 0.15) is 124 Å². The van der Waals surface area contributed by atoms with Crippen LogP contribution in [0.3, 0.4) is 0 Å². The minimum atomic E-state index is -0.789. The second-order valence-corrected chi connectivity index (χ2v) is 7.87. The van der Waals surface area contributed by atoms with Gasteiger partial charge in [0, 0.05) is 5.57 Å². The maximum atomic E-state index is 10.8. The van der Waals surface area contributed by atoms with E-state index < -0.39 is 5.97 Å². The van der Waals surface area contributed by atoms with E-state index in [1.807, 2.05) is 6.08 Å². The third-order valence-corrected chi connectivity index (χ3v) is 5.13. The zero-order valence-electron chi connectivity index (χ0n) is 17.3. The quantitative estimate of drug-likeness (QED) is 0.201. The second-order valence-electron chi connectivity index (χ2n) is 7.87. The summed E-state index contributed by atoms with van der Waals surface area (Å²) in [5.74, 6) is -0.401. The zero-order chi connectivity index (χ0) is 18.8. The number of carbonyl (C=O) groups is 1. The molecule has 1 N–H and O–H groups in total. The fourth-order valence-electron chi connectivity index (χ4n) is 3.42. The number of hydrogen-bond donors (Lipinski definition) is 1. The molecule has 0 aliphatic carbocycles. The van der Waals surface area contributed by atoms with Crippen molar-refractivity contribution in [2.24, 2.45) is 5.92 Å². The number of rotatable bonds is 18. The van der Waals surface area contributed by atoms with Crippen LogP contribution in [0.15, 0.2) is 11.6 Å². The van der Waals surface area contributed by atoms with E-state index in [0.717, 1.165) is 6.42 Å². The van der Waals surface area contributed by atoms with E-state index in [9.17, 15) is 4.79 Å². The van der Waals surface area contributed by atoms with E-state index in [1.165, 1.54) is 96.3 Å². The van der Waals surface area contributed by atoms with E-state index in [4.69, 9.17) is 5.11 Å². The average molecular weight is 353 g/mol. The smallest absolute Gasteiger partial charge is 0.330 e. The molecule has 0 aromatic rings. The van der Waals surface area contributed by atoms with Crippen LogP contribution in [0, 0.1) is 5.92 Å². The lowest BCUT2D eigenvalue weighted by Crippen LogP contribution is -1.99. The van der Waals surface area contributed by atoms with Crippen LogP contribution in [0.2, 0.25) is 0 Å². The first-order valence-electron chi connectivity index (χ1n) is 11.0. The van der Waals surface area contributed by atoms with Gasteiger partial charge in [-0.3, -0.25) is 0 Å². The number of aliphatic carboxylic acids is 1. The van der Waals surface area contributed by atoms with Gasteiger partial charge in [-0.25, -0.2) is 4.79 Å². The van der Waals surface area contributed by atoms with Crippen LogP contribution in [0.4, 0.5) is 0 Å². The highest BCUT2D eigenvalue weighted by Crippen LogP contribution is 2.16. The highest BCUT2D eigenvalue weighted by Gasteiger charge is 2.04. The lowest BCUT2D eigenvalue weighted by molar-refractivity contribution is -0.132. The Kier molecular flexibility index (Phi) is 17.4. The fraction of sp³-hybridized carbons (Fsp3) is 0.870. The predicted octanol–water partition coefficient (Wildman–Crippen LogP) is 7.91. The number of allylic oxidation sites excluding steroid dienone is 1. The molecular weight excluding hydrogens is 308 g/mol. The van der Waals surface area contributed by atoms with Gasteiger partial charge >= 0.3 is 5.97 Å². The summed E-state index contributed by atoms with van der Waals surface area (Å²) in [6.45, 7) is 6.09. The summed E-state index contributed by atoms with van der Waals surface area (Å²) in [6.07, 6.45) is 23.9. The van der Waals surface area contributed by atoms with Gasteiger partial charge in [0.2, 0.25) is 0 Å². The van der Waals surface area contributed by atoms with Crippen molar-refractivity contribution in [3.05, 3.63) is 11.6 Å². The van der Waals surface area contributed by atoms with Crippen molar-refractivity contribution in [1.29, 1.82) is 0 Å². The Morgan fingerprint density at radius 3 is 1.48 bits per heavy atom. The van der Waals surface area contributed by atoms with Crippen molar-refractivity contribution >= 4 is 5.97 Å². The summed E-state index contributed by atoms with van der Waals surface area (Å²) in [7, 11) is 0. The van der Waals surface area contributed by atoms with Crippen LogP contribution >= 0.6 is 0 Å². The van der Waals surface area contributed by atoms with Gasteiger partial charge in [-0.05, 0) is 19.3 Å². The summed E-state index contributed by atoms with van der Waals surface area (Å²) < 4.78 is 0. The molecule has 148 valence electrons. The van der Waals surface area contributed by atoms with Crippen LogP contribution in [-0.2, 0) is 4.79 Å². The second kappa shape index (κ2) is 18.0. The molecule has 0 amide bonds. The van der Waals surface area contributed by atoms with Gasteiger partial charge in [0.1, 0.15) is 0 Å². The van der Waals surface area contributed by atoms with Gasteiger partial charge in [0.25, 0.3) is 0 Å². The molecule has 0 bridgehead atoms. The molecule has 0 aromatic heterocycles. The lowest BCUT2D eigenvalue weighted by Gasteiger charge is -2.07. The molecule has 0 spiro atoms. The van der Waals surface area contributed by atoms with Crippen LogP contribution < -0.4 is 0 Å². The molecule has 0 aromatic carbocycles. The molecule has 0 fully saturated rings. The summed E-state index contributed by atoms with van der Waals surface area (Å²) in [4.78, 5) is 10.8. The Morgan fingerprint density at radius 1 is 0.760 bits per heavy atom. The largest absolute Gasteiger partial charge is 0.478 e. The zero-order valence-corrected chi connectivity index (χ0v) is 17.3. The van der Waals surface area contributed by atoms with Gasteiger partial charge in [-0.15, -0.1) is 0 Å². The van der Waals surface area contributed by atoms with Crippen LogP contribution in [0.25, 0.3) is 0 Å². The van der Waals surface area contributed by atoms with Crippen molar-refractivity contribution in [2.45, 2.75) is 124 Å². The van der Waals surface area contributed by atoms with Gasteiger partial charge in [0.05, 0.1) is 0 Å². The fourth-order valence-corrected chi connectivity index (χ4v) is 3.42. The molecule has 0 rings (SSSR count). The number of unbranched alkanes of at least 4 members (excludes halogenated alkanes) is 14. The van der Waals surface area contributed by atoms with E-state index in [1.54, 1.807) is 6.92 Å². The third-order valence-electron chi connectivity index (χ3n) is 5.13. The Labute approximate surface area is 157 Å². The third kappa shape index (κ3) is 17.8. The minimum absolute atomic E-state index is 0.387. The Balaban J connectivity index is 3.24. The SMILES string of the molecule is CCCCCCCCCCCCCCCCC[C@@H](C)/C=C(\C)C(=O)O. The molecule has 0 aliphatic rings. The van der Waals surface area contributed by atoms with Gasteiger partial charge < -0.3 is 5.11 Å². The molecule has 0 unspecified atom stereocenters. The Morgan fingerprint density at radius 2 is 1.12 bits per heavy atom. The Hall–Kier alpha value is -0.790. The molecule has 2 nitrogen and oxygen atoms in total. The summed E-state index contributed by atoms with van der Waals surface area (Å²) in [6, 6.07) is 0. The normalized spacial score (nSPS) is 13.2. The van der Waals surface area contributed by atoms with Crippen molar-refractivity contribution in [2.75, 3.05) is 0 Å². The molecule has 0 heterocycles. The number of carboxylic acid groups (broad SMARTS) is 1. The van der Waals surface area contributed by atoms with Crippen molar-refractivity contribution in [3.63, 3.8) is 0 Å². The first-order chi connectivity index (χ1) is 12.1. The van der Waals surface area contributed by atoms with Gasteiger partial charge in [-0.2, -0.15) is 0 Å². The molecule has 0 saturated carbocycles. The lowest BCUT2D eigenvalue weighted by atomic mass is 9.99. The van der Waals surface area contributed by atoms with E-state index >= 15 is 0 Å². The van der Waals surface area contributed by atoms with Crippen LogP contribution in [-0.4, -0.2) is 11.1 Å². The maximum Gasteiger partial charge on any atom is 0.330 e. The van der Waals surface area contributed by atoms with E-state index in [-0.39, 0.29) is 0 Å². The number of carboxylic acids is 1. The standard InChI is InChI=1S/C23H44O2/c1-4-5-6-7-8-9-10-11-12-13-14-15-16-17-18-19-21(2)20-22(3)23(24)25/h20-21H,4-19H2,1-3H3,(H,24,25)/b22-20+/t21-/m1/s1. The van der Waals surface area contributed by atoms with Crippen LogP contribution in [0.5, 0.6) is 0 Å². The van der Waals surface area contributed by atoms with Crippen molar-refractivity contribution in [1.82, 2.24) is 0 Å². The summed E-state index contributed by atoms with van der Waals surface area (Å²) in [5.41, 5.74) is 0.480. The highest BCUT2D eigenvalue weighted by atomic mass is 16.4. The number of hydrogen-bond acceptors (Lipinski definition) is 1. The van der Waals surface area contributed by atoms with E-state index in [2.05, 4.69) is 13.8 Å². The van der Waals surface area contributed by atoms with Crippen molar-refractivity contribution in [3.8, 4) is 0 Å². The van der Waals surface area contributed by atoms with Crippen molar-refractivity contribution < 1.29 is 9.90 Å². The molecule has 2 heteroatoms. The first kappa shape index (κ1) is 24.2. The Bertz CT molecular complexity index is 333.